The van der Waals surface area contributed by atoms with E-state index in [1.807, 2.05) is 0 Å². The van der Waals surface area contributed by atoms with E-state index < -0.39 is 51.1 Å². The Morgan fingerprint density at radius 1 is 0.604 bits per heavy atom. The quantitative estimate of drug-likeness (QED) is 0.0238. The van der Waals surface area contributed by atoms with Crippen LogP contribution in [0.2, 0.25) is 0 Å². The number of nitrogens with two attached hydrogens (primary N) is 1. The molecule has 0 bridgehead atoms. The van der Waals surface area contributed by atoms with E-state index in [-0.39, 0.29) is 19.4 Å². The number of ether oxygens (including phenoxy) is 2. The van der Waals surface area contributed by atoms with Crippen LogP contribution in [0.25, 0.3) is 0 Å². The van der Waals surface area contributed by atoms with E-state index in [4.69, 9.17) is 24.8 Å². The van der Waals surface area contributed by atoms with Crippen LogP contribution in [-0.2, 0) is 37.5 Å². The van der Waals surface area contributed by atoms with Crippen LogP contribution in [-0.4, -0.2) is 59.9 Å². The minimum Gasteiger partial charge on any atom is -0.480 e. The summed E-state index contributed by atoms with van der Waals surface area (Å²) in [7, 11) is -4.71. The number of esters is 2. The van der Waals surface area contributed by atoms with Crippen LogP contribution in [0.3, 0.4) is 0 Å². The number of carboxylic acid groups (broad SMARTS) is 1. The van der Waals surface area contributed by atoms with E-state index in [0.29, 0.717) is 12.8 Å². The van der Waals surface area contributed by atoms with Gasteiger partial charge >= 0.3 is 25.7 Å². The number of carboxylic acids is 1. The Kier molecular flexibility index (Phi) is 34.7. The molecule has 0 aromatic heterocycles. The summed E-state index contributed by atoms with van der Waals surface area (Å²) in [5, 5.41) is 8.86. The van der Waals surface area contributed by atoms with Crippen molar-refractivity contribution in [3.63, 3.8) is 0 Å². The minimum atomic E-state index is -4.71. The summed E-state index contributed by atoms with van der Waals surface area (Å²) in [4.78, 5) is 45.8. The molecule has 0 radical (unpaired) electrons. The molecule has 0 aromatic rings. The van der Waals surface area contributed by atoms with Gasteiger partial charge in [-0.2, -0.15) is 0 Å². The van der Waals surface area contributed by atoms with Gasteiger partial charge in [-0.25, -0.2) is 4.57 Å². The fraction of sp³-hybridized carbons (Fsp3) is 0.732. The van der Waals surface area contributed by atoms with Gasteiger partial charge < -0.3 is 25.2 Å². The molecular formula is C41H72NO10P. The van der Waals surface area contributed by atoms with Crippen molar-refractivity contribution in [1.29, 1.82) is 0 Å². The molecule has 0 spiro atoms. The second-order valence-electron chi connectivity index (χ2n) is 13.4. The van der Waals surface area contributed by atoms with Gasteiger partial charge in [-0.05, 0) is 51.4 Å². The number of rotatable bonds is 37. The fourth-order valence-electron chi connectivity index (χ4n) is 5.17. The number of allylic oxidation sites excluding steroid dienone is 8. The number of phosphoric acid groups is 1. The number of carbonyl (C=O) groups excluding carboxylic acids is 2. The van der Waals surface area contributed by atoms with Crippen LogP contribution in [0.4, 0.5) is 0 Å². The number of phosphoric ester groups is 1. The summed E-state index contributed by atoms with van der Waals surface area (Å²) in [6.45, 7) is 2.64. The van der Waals surface area contributed by atoms with Gasteiger partial charge in [-0.3, -0.25) is 23.4 Å². The maximum absolute atomic E-state index is 12.6. The zero-order valence-electron chi connectivity index (χ0n) is 32.8. The molecular weight excluding hydrogens is 697 g/mol. The van der Waals surface area contributed by atoms with Gasteiger partial charge in [0.1, 0.15) is 12.6 Å². The molecule has 306 valence electrons. The number of carbonyl (C=O) groups is 3. The third-order valence-corrected chi connectivity index (χ3v) is 9.29. The first kappa shape index (κ1) is 50.4. The highest BCUT2D eigenvalue weighted by Crippen LogP contribution is 2.43. The molecule has 4 N–H and O–H groups in total. The topological polar surface area (TPSA) is 172 Å². The van der Waals surface area contributed by atoms with E-state index in [2.05, 4.69) is 67.0 Å². The zero-order chi connectivity index (χ0) is 39.3. The summed E-state index contributed by atoms with van der Waals surface area (Å²) in [6.07, 6.45) is 38.9. The van der Waals surface area contributed by atoms with Crippen LogP contribution >= 0.6 is 7.82 Å². The van der Waals surface area contributed by atoms with E-state index in [1.165, 1.54) is 38.5 Å². The summed E-state index contributed by atoms with van der Waals surface area (Å²) in [6, 6.07) is -1.52. The summed E-state index contributed by atoms with van der Waals surface area (Å²) in [5.74, 6) is -2.40. The molecule has 0 heterocycles. The standard InChI is InChI=1S/C41H72NO10P/c1-3-5-7-9-11-13-15-16-17-18-19-20-21-22-23-25-27-29-31-33-40(44)52-37(35-50-53(47,48)51-36-38(42)41(45)46)34-49-39(43)32-30-28-26-24-14-12-10-8-6-4-2/h5,7,11,13,16-17,19-20,37-38H,3-4,6,8-10,12,14-15,18,21-36,42H2,1-2H3,(H,45,46)(H,47,48)/b7-5-,13-11-,17-16-,20-19-. The Morgan fingerprint density at radius 2 is 1.06 bits per heavy atom. The molecule has 0 aliphatic carbocycles. The fourth-order valence-corrected chi connectivity index (χ4v) is 5.95. The van der Waals surface area contributed by atoms with Gasteiger partial charge in [0.2, 0.25) is 0 Å². The lowest BCUT2D eigenvalue weighted by molar-refractivity contribution is -0.161. The summed E-state index contributed by atoms with van der Waals surface area (Å²) in [5.41, 5.74) is 5.32. The highest BCUT2D eigenvalue weighted by atomic mass is 31.2. The van der Waals surface area contributed by atoms with Crippen molar-refractivity contribution in [1.82, 2.24) is 0 Å². The molecule has 0 aliphatic heterocycles. The third kappa shape index (κ3) is 36.2. The van der Waals surface area contributed by atoms with Crippen molar-refractivity contribution in [3.05, 3.63) is 48.6 Å². The van der Waals surface area contributed by atoms with E-state index >= 15 is 0 Å². The Labute approximate surface area is 320 Å². The van der Waals surface area contributed by atoms with Crippen molar-refractivity contribution in [2.45, 2.75) is 174 Å². The summed E-state index contributed by atoms with van der Waals surface area (Å²) < 4.78 is 32.6. The molecule has 11 nitrogen and oxygen atoms in total. The Bertz CT molecular complexity index is 1090. The molecule has 0 rings (SSSR count). The minimum absolute atomic E-state index is 0.145. The molecule has 53 heavy (non-hydrogen) atoms. The van der Waals surface area contributed by atoms with Crippen LogP contribution in [0.15, 0.2) is 48.6 Å². The van der Waals surface area contributed by atoms with Gasteiger partial charge in [0.15, 0.2) is 6.10 Å². The molecule has 3 atom stereocenters. The van der Waals surface area contributed by atoms with E-state index in [0.717, 1.165) is 83.5 Å². The first-order valence-corrected chi connectivity index (χ1v) is 21.7. The first-order valence-electron chi connectivity index (χ1n) is 20.2. The Hall–Kier alpha value is -2.56. The molecule has 3 unspecified atom stereocenters. The second-order valence-corrected chi connectivity index (χ2v) is 14.8. The maximum Gasteiger partial charge on any atom is 0.472 e. The average Bonchev–Trinajstić information content (AvgIpc) is 3.13. The largest absolute Gasteiger partial charge is 0.480 e. The van der Waals surface area contributed by atoms with Crippen LogP contribution in [0, 0.1) is 0 Å². The lowest BCUT2D eigenvalue weighted by atomic mass is 10.1. The molecule has 0 saturated carbocycles. The third-order valence-electron chi connectivity index (χ3n) is 8.34. The predicted octanol–water partition coefficient (Wildman–Crippen LogP) is 10.2. The number of hydrogen-bond donors (Lipinski definition) is 3. The maximum atomic E-state index is 12.6. The van der Waals surface area contributed by atoms with Crippen LogP contribution in [0.5, 0.6) is 0 Å². The van der Waals surface area contributed by atoms with Gasteiger partial charge in [0.05, 0.1) is 13.2 Å². The van der Waals surface area contributed by atoms with Crippen molar-refractivity contribution in [2.24, 2.45) is 5.73 Å². The normalized spacial score (nSPS) is 14.3. The molecule has 0 amide bonds. The molecule has 0 saturated heterocycles. The van der Waals surface area contributed by atoms with Gasteiger partial charge in [0, 0.05) is 12.8 Å². The van der Waals surface area contributed by atoms with Crippen molar-refractivity contribution in [2.75, 3.05) is 19.8 Å². The highest BCUT2D eigenvalue weighted by molar-refractivity contribution is 7.47. The van der Waals surface area contributed by atoms with E-state index in [1.54, 1.807) is 0 Å². The van der Waals surface area contributed by atoms with Gasteiger partial charge in [0.25, 0.3) is 0 Å². The Balaban J connectivity index is 4.40. The lowest BCUT2D eigenvalue weighted by Gasteiger charge is -2.20. The smallest absolute Gasteiger partial charge is 0.472 e. The second kappa shape index (κ2) is 36.4. The van der Waals surface area contributed by atoms with Crippen LogP contribution in [0.1, 0.15) is 162 Å². The van der Waals surface area contributed by atoms with Crippen LogP contribution < -0.4 is 5.73 Å². The van der Waals surface area contributed by atoms with Crippen molar-refractivity contribution < 1.29 is 47.5 Å². The lowest BCUT2D eigenvalue weighted by Crippen LogP contribution is -2.34. The highest BCUT2D eigenvalue weighted by Gasteiger charge is 2.28. The van der Waals surface area contributed by atoms with Crippen molar-refractivity contribution >= 4 is 25.7 Å². The van der Waals surface area contributed by atoms with Crippen molar-refractivity contribution in [3.8, 4) is 0 Å². The molecule has 12 heteroatoms. The summed E-state index contributed by atoms with van der Waals surface area (Å²) >= 11 is 0. The average molecular weight is 770 g/mol. The monoisotopic (exact) mass is 769 g/mol. The SMILES string of the molecule is CC/C=C\C/C=C\C/C=C\C/C=C\CCCCCCCCC(=O)OC(COC(=O)CCCCCCCCCCCC)COP(=O)(O)OCC(N)C(=O)O. The number of aliphatic carboxylic acids is 1. The molecule has 0 aromatic carbocycles. The zero-order valence-corrected chi connectivity index (χ0v) is 33.7. The predicted molar refractivity (Wildman–Crippen MR) is 212 cm³/mol. The molecule has 0 aliphatic rings. The Morgan fingerprint density at radius 3 is 1.58 bits per heavy atom. The number of hydrogen-bond acceptors (Lipinski definition) is 9. The van der Waals surface area contributed by atoms with Gasteiger partial charge in [-0.1, -0.05) is 146 Å². The van der Waals surface area contributed by atoms with E-state index in [9.17, 15) is 23.8 Å². The first-order chi connectivity index (χ1) is 25.6. The number of unbranched alkanes of at least 4 members (excludes halogenated alkanes) is 15. The molecule has 0 fully saturated rings. The van der Waals surface area contributed by atoms with Gasteiger partial charge in [-0.15, -0.1) is 0 Å².